The molecule has 1 amide bonds. The summed E-state index contributed by atoms with van der Waals surface area (Å²) in [6, 6.07) is 21.4. The van der Waals surface area contributed by atoms with Crippen LogP contribution in [0.5, 0.6) is 11.5 Å². The van der Waals surface area contributed by atoms with Crippen molar-refractivity contribution in [2.24, 2.45) is 0 Å². The molecule has 8 heteroatoms. The molecule has 0 aliphatic heterocycles. The standard InChI is InChI=1S/C40H55NO5Si2/c1-29-19-22-33(25-30(29)2)36(44-38(43)24-21-32-16-14-18-35(27-32)46-48(11,12)40(6,7)8)28-41-37(42)23-20-31-15-13-17-34(26-31)45-47(9,10)39(3,4)5/h13-27,36H,28H2,1-12H3,(H,41,42)/b23-20+,24-21+/t36-/m1/s1. The van der Waals surface area contributed by atoms with Gasteiger partial charge in [0.2, 0.25) is 22.5 Å². The summed E-state index contributed by atoms with van der Waals surface area (Å²) >= 11 is 0. The van der Waals surface area contributed by atoms with E-state index < -0.39 is 28.7 Å². The van der Waals surface area contributed by atoms with Gasteiger partial charge < -0.3 is 18.9 Å². The van der Waals surface area contributed by atoms with E-state index in [1.54, 1.807) is 12.2 Å². The number of rotatable bonds is 12. The normalized spacial score (nSPS) is 13.4. The molecule has 1 N–H and O–H groups in total. The highest BCUT2D eigenvalue weighted by molar-refractivity contribution is 6.75. The Hall–Kier alpha value is -3.89. The quantitative estimate of drug-likeness (QED) is 0.117. The van der Waals surface area contributed by atoms with Gasteiger partial charge in [0.25, 0.3) is 0 Å². The van der Waals surface area contributed by atoms with Crippen LogP contribution in [0.2, 0.25) is 36.3 Å². The van der Waals surface area contributed by atoms with Gasteiger partial charge in [-0.1, -0.05) is 84.0 Å². The van der Waals surface area contributed by atoms with Crippen LogP contribution in [-0.2, 0) is 14.3 Å². The molecule has 0 aliphatic carbocycles. The Labute approximate surface area is 290 Å². The summed E-state index contributed by atoms with van der Waals surface area (Å²) in [7, 11) is -3.99. The second-order valence-electron chi connectivity index (χ2n) is 15.6. The number of amides is 1. The van der Waals surface area contributed by atoms with E-state index in [9.17, 15) is 9.59 Å². The van der Waals surface area contributed by atoms with Crippen molar-refractivity contribution >= 4 is 40.7 Å². The number of ether oxygens (including phenoxy) is 1. The van der Waals surface area contributed by atoms with Gasteiger partial charge in [0, 0.05) is 12.2 Å². The molecule has 0 aromatic heterocycles. The lowest BCUT2D eigenvalue weighted by molar-refractivity contribution is -0.143. The molecule has 3 aromatic rings. The number of carbonyl (C=O) groups is 2. The third-order valence-corrected chi connectivity index (χ3v) is 18.3. The molecule has 258 valence electrons. The van der Waals surface area contributed by atoms with E-state index in [4.69, 9.17) is 13.6 Å². The summed E-state index contributed by atoms with van der Waals surface area (Å²) in [6.07, 6.45) is 5.72. The smallest absolute Gasteiger partial charge is 0.331 e. The van der Waals surface area contributed by atoms with E-state index in [-0.39, 0.29) is 22.5 Å². The topological polar surface area (TPSA) is 73.9 Å². The number of hydrogen-bond acceptors (Lipinski definition) is 5. The fourth-order valence-electron chi connectivity index (χ4n) is 4.22. The van der Waals surface area contributed by atoms with E-state index in [0.29, 0.717) is 0 Å². The lowest BCUT2D eigenvalue weighted by Crippen LogP contribution is -2.43. The van der Waals surface area contributed by atoms with Crippen molar-refractivity contribution in [1.29, 1.82) is 0 Å². The summed E-state index contributed by atoms with van der Waals surface area (Å²) in [5.74, 6) is 0.798. The number of hydrogen-bond donors (Lipinski definition) is 1. The number of aryl methyl sites for hydroxylation is 2. The maximum absolute atomic E-state index is 13.1. The lowest BCUT2D eigenvalue weighted by Gasteiger charge is -2.36. The molecule has 0 aliphatic rings. The molecule has 0 spiro atoms. The third kappa shape index (κ3) is 11.1. The molecule has 1 atom stereocenters. The van der Waals surface area contributed by atoms with Crippen molar-refractivity contribution in [3.05, 3.63) is 107 Å². The first-order valence-corrected chi connectivity index (χ1v) is 22.5. The van der Waals surface area contributed by atoms with Crippen LogP contribution in [0.4, 0.5) is 0 Å². The zero-order valence-electron chi connectivity index (χ0n) is 31.0. The summed E-state index contributed by atoms with van der Waals surface area (Å²) in [4.78, 5) is 26.0. The largest absolute Gasteiger partial charge is 0.543 e. The Morgan fingerprint density at radius 1 is 0.708 bits per heavy atom. The van der Waals surface area contributed by atoms with Gasteiger partial charge in [-0.15, -0.1) is 0 Å². The summed E-state index contributed by atoms with van der Waals surface area (Å²) < 4.78 is 18.8. The zero-order valence-corrected chi connectivity index (χ0v) is 33.0. The van der Waals surface area contributed by atoms with Crippen LogP contribution in [0.15, 0.2) is 78.9 Å². The molecule has 0 heterocycles. The van der Waals surface area contributed by atoms with Crippen LogP contribution in [-0.4, -0.2) is 35.1 Å². The summed E-state index contributed by atoms with van der Waals surface area (Å²) in [5.41, 5.74) is 4.72. The predicted molar refractivity (Wildman–Crippen MR) is 204 cm³/mol. The molecule has 48 heavy (non-hydrogen) atoms. The molecule has 3 aromatic carbocycles. The minimum atomic E-state index is -2.00. The number of esters is 1. The Morgan fingerprint density at radius 2 is 1.21 bits per heavy atom. The first-order chi connectivity index (χ1) is 22.2. The van der Waals surface area contributed by atoms with Crippen LogP contribution >= 0.6 is 0 Å². The maximum atomic E-state index is 13.1. The van der Waals surface area contributed by atoms with Crippen molar-refractivity contribution in [3.8, 4) is 11.5 Å². The van der Waals surface area contributed by atoms with E-state index in [2.05, 4.69) is 73.0 Å². The highest BCUT2D eigenvalue weighted by Gasteiger charge is 2.39. The highest BCUT2D eigenvalue weighted by Crippen LogP contribution is 2.38. The average molecular weight is 686 g/mol. The molecule has 6 nitrogen and oxygen atoms in total. The Kier molecular flexibility index (Phi) is 12.5. The molecular weight excluding hydrogens is 631 g/mol. The Balaban J connectivity index is 1.70. The van der Waals surface area contributed by atoms with Gasteiger partial charge in [-0.3, -0.25) is 4.79 Å². The second-order valence-corrected chi connectivity index (χ2v) is 25.0. The molecule has 0 fully saturated rings. The van der Waals surface area contributed by atoms with Crippen molar-refractivity contribution in [2.75, 3.05) is 6.54 Å². The van der Waals surface area contributed by atoms with Crippen molar-refractivity contribution in [1.82, 2.24) is 5.32 Å². The number of carbonyl (C=O) groups excluding carboxylic acids is 2. The molecular formula is C40H55NO5Si2. The van der Waals surface area contributed by atoms with Crippen LogP contribution in [0, 0.1) is 13.8 Å². The molecule has 0 saturated carbocycles. The van der Waals surface area contributed by atoms with Crippen molar-refractivity contribution in [3.63, 3.8) is 0 Å². The van der Waals surface area contributed by atoms with Gasteiger partial charge in [0.05, 0.1) is 6.54 Å². The first kappa shape index (κ1) is 38.6. The fourth-order valence-corrected chi connectivity index (χ4v) is 6.26. The Morgan fingerprint density at radius 3 is 1.69 bits per heavy atom. The van der Waals surface area contributed by atoms with E-state index in [0.717, 1.165) is 39.3 Å². The van der Waals surface area contributed by atoms with E-state index in [1.165, 1.54) is 12.2 Å². The first-order valence-electron chi connectivity index (χ1n) is 16.7. The van der Waals surface area contributed by atoms with Gasteiger partial charge in [0.1, 0.15) is 17.6 Å². The molecule has 0 unspecified atom stereocenters. The SMILES string of the molecule is Cc1ccc([C@@H](CNC(=O)/C=C/c2cccc(O[Si](C)(C)C(C)(C)C)c2)OC(=O)/C=C/c2cccc(O[Si](C)(C)C(C)(C)C)c2)cc1C. The van der Waals surface area contributed by atoms with Gasteiger partial charge in [-0.2, -0.15) is 0 Å². The molecule has 0 radical (unpaired) electrons. The lowest BCUT2D eigenvalue weighted by atomic mass is 10.0. The summed E-state index contributed by atoms with van der Waals surface area (Å²) in [6.45, 7) is 26.2. The number of nitrogens with one attached hydrogen (secondary N) is 1. The van der Waals surface area contributed by atoms with Gasteiger partial charge >= 0.3 is 5.97 Å². The number of benzene rings is 3. The van der Waals surface area contributed by atoms with E-state index in [1.807, 2.05) is 80.6 Å². The minimum absolute atomic E-state index is 0.0713. The second kappa shape index (κ2) is 15.6. The molecule has 0 bridgehead atoms. The van der Waals surface area contributed by atoms with Crippen LogP contribution in [0.25, 0.3) is 12.2 Å². The van der Waals surface area contributed by atoms with Crippen LogP contribution < -0.4 is 14.2 Å². The monoisotopic (exact) mass is 685 g/mol. The van der Waals surface area contributed by atoms with Crippen molar-refractivity contribution in [2.45, 2.75) is 97.8 Å². The maximum Gasteiger partial charge on any atom is 0.331 e. The Bertz CT molecular complexity index is 1640. The molecule has 0 saturated heterocycles. The minimum Gasteiger partial charge on any atom is -0.543 e. The third-order valence-electron chi connectivity index (χ3n) is 9.54. The van der Waals surface area contributed by atoms with Gasteiger partial charge in [-0.05, 0) is 114 Å². The van der Waals surface area contributed by atoms with Gasteiger partial charge in [0.15, 0.2) is 0 Å². The van der Waals surface area contributed by atoms with E-state index >= 15 is 0 Å². The van der Waals surface area contributed by atoms with Crippen LogP contribution in [0.1, 0.15) is 75.5 Å². The van der Waals surface area contributed by atoms with Gasteiger partial charge in [-0.25, -0.2) is 4.79 Å². The molecule has 3 rings (SSSR count). The highest BCUT2D eigenvalue weighted by atomic mass is 28.4. The summed E-state index contributed by atoms with van der Waals surface area (Å²) in [5, 5.41) is 3.06. The fraction of sp³-hybridized carbons (Fsp3) is 0.400. The van der Waals surface area contributed by atoms with Crippen LogP contribution in [0.3, 0.4) is 0 Å². The predicted octanol–water partition coefficient (Wildman–Crippen LogP) is 10.2. The average Bonchev–Trinajstić information content (AvgIpc) is 2.97. The zero-order chi connectivity index (χ0) is 35.9. The van der Waals surface area contributed by atoms with Crippen molar-refractivity contribution < 1.29 is 23.2 Å².